The summed E-state index contributed by atoms with van der Waals surface area (Å²) in [6.45, 7) is -1.28. The topological polar surface area (TPSA) is 154 Å². The summed E-state index contributed by atoms with van der Waals surface area (Å²) >= 11 is 5.75. The van der Waals surface area contributed by atoms with E-state index in [4.69, 9.17) is 21.1 Å². The zero-order valence-electron chi connectivity index (χ0n) is 15.7. The van der Waals surface area contributed by atoms with Crippen molar-refractivity contribution in [3.63, 3.8) is 0 Å². The number of ketones is 1. The normalized spacial score (nSPS) is 12.1. The maximum absolute atomic E-state index is 12.2. The van der Waals surface area contributed by atoms with Gasteiger partial charge in [0, 0.05) is 28.3 Å². The number of hydrogen-bond acceptors (Lipinski definition) is 8. The molecule has 0 aliphatic carbocycles. The van der Waals surface area contributed by atoms with Crippen LogP contribution in [0.3, 0.4) is 0 Å². The first-order chi connectivity index (χ1) is 14.7. The van der Waals surface area contributed by atoms with Crippen molar-refractivity contribution < 1.29 is 33.6 Å². The molecule has 2 aromatic rings. The van der Waals surface area contributed by atoms with E-state index in [1.54, 1.807) is 0 Å². The Morgan fingerprint density at radius 1 is 1.19 bits per heavy atom. The number of hydrogen-bond donors (Lipinski definition) is 2. The molecule has 0 fully saturated rings. The summed E-state index contributed by atoms with van der Waals surface area (Å²) in [5, 5.41) is 15.6. The van der Waals surface area contributed by atoms with Gasteiger partial charge in [0.05, 0.1) is 10.6 Å². The molecule has 0 saturated carbocycles. The van der Waals surface area contributed by atoms with Gasteiger partial charge in [0.15, 0.2) is 19.0 Å². The predicted molar refractivity (Wildman–Crippen MR) is 106 cm³/mol. The third kappa shape index (κ3) is 5.54. The van der Waals surface area contributed by atoms with Crippen molar-refractivity contribution in [2.24, 2.45) is 0 Å². The third-order valence-electron chi connectivity index (χ3n) is 4.05. The van der Waals surface area contributed by atoms with Crippen molar-refractivity contribution in [3.05, 3.63) is 62.7 Å². The largest absolute Gasteiger partial charge is 0.482 e. The number of halogens is 1. The van der Waals surface area contributed by atoms with Crippen LogP contribution in [-0.4, -0.2) is 48.2 Å². The molecule has 31 heavy (non-hydrogen) atoms. The summed E-state index contributed by atoms with van der Waals surface area (Å²) in [5.41, 5.74) is 0.0304. The van der Waals surface area contributed by atoms with Crippen molar-refractivity contribution in [1.29, 1.82) is 0 Å². The van der Waals surface area contributed by atoms with Gasteiger partial charge in [-0.2, -0.15) is 0 Å². The van der Waals surface area contributed by atoms with Gasteiger partial charge in [0.1, 0.15) is 12.3 Å². The Kier molecular flexibility index (Phi) is 6.46. The van der Waals surface area contributed by atoms with Gasteiger partial charge in [-0.3, -0.25) is 29.3 Å². The zero-order valence-corrected chi connectivity index (χ0v) is 16.4. The number of anilines is 1. The van der Waals surface area contributed by atoms with E-state index < -0.39 is 35.7 Å². The number of nitro groups is 1. The number of fused-ring (bicyclic) bond motifs is 1. The molecule has 2 N–H and O–H groups in total. The van der Waals surface area contributed by atoms with E-state index in [0.717, 1.165) is 12.1 Å². The second-order valence-corrected chi connectivity index (χ2v) is 6.71. The summed E-state index contributed by atoms with van der Waals surface area (Å²) in [6, 6.07) is 7.66. The molecular formula is C19H14ClN3O8. The predicted octanol–water partition coefficient (Wildman–Crippen LogP) is 1.73. The molecule has 0 atom stereocenters. The molecule has 0 aromatic heterocycles. The van der Waals surface area contributed by atoms with Gasteiger partial charge in [-0.25, -0.2) is 0 Å². The van der Waals surface area contributed by atoms with E-state index in [1.165, 1.54) is 24.3 Å². The van der Waals surface area contributed by atoms with Crippen molar-refractivity contribution in [2.45, 2.75) is 0 Å². The van der Waals surface area contributed by atoms with E-state index in [1.807, 2.05) is 0 Å². The van der Waals surface area contributed by atoms with Crippen LogP contribution in [0.25, 0.3) is 0 Å². The number of nitrogens with zero attached hydrogens (tertiary/aromatic N) is 1. The lowest BCUT2D eigenvalue weighted by Crippen LogP contribution is -2.31. The molecule has 0 bridgehead atoms. The van der Waals surface area contributed by atoms with E-state index in [2.05, 4.69) is 10.6 Å². The first-order valence-electron chi connectivity index (χ1n) is 8.71. The van der Waals surface area contributed by atoms with Gasteiger partial charge in [0.25, 0.3) is 17.5 Å². The van der Waals surface area contributed by atoms with Gasteiger partial charge in [-0.1, -0.05) is 11.6 Å². The number of ether oxygens (including phenoxy) is 2. The quantitative estimate of drug-likeness (QED) is 0.281. The van der Waals surface area contributed by atoms with E-state index >= 15 is 0 Å². The van der Waals surface area contributed by atoms with Crippen molar-refractivity contribution in [2.75, 3.05) is 25.1 Å². The van der Waals surface area contributed by atoms with Gasteiger partial charge in [-0.15, -0.1) is 0 Å². The molecule has 11 nitrogen and oxygen atoms in total. The fourth-order valence-electron chi connectivity index (χ4n) is 2.60. The Hall–Kier alpha value is -3.99. The molecule has 1 heterocycles. The van der Waals surface area contributed by atoms with E-state index in [9.17, 15) is 29.3 Å². The number of rotatable bonds is 7. The average Bonchev–Trinajstić information content (AvgIpc) is 2.74. The summed E-state index contributed by atoms with van der Waals surface area (Å²) < 4.78 is 10.0. The van der Waals surface area contributed by atoms with Crippen molar-refractivity contribution in [3.8, 4) is 5.75 Å². The Morgan fingerprint density at radius 2 is 1.97 bits per heavy atom. The van der Waals surface area contributed by atoms with Crippen LogP contribution in [0.5, 0.6) is 5.75 Å². The molecule has 0 spiro atoms. The Labute approximate surface area is 179 Å². The Balaban J connectivity index is 1.52. The molecule has 0 saturated heterocycles. The SMILES string of the molecule is O=C1COc2ccc(C(=O)COC(=O)CNC(=O)c3cc(Cl)cc([N+](=O)[O-])c3)cc2N1. The van der Waals surface area contributed by atoms with Crippen LogP contribution >= 0.6 is 11.6 Å². The number of amides is 2. The van der Waals surface area contributed by atoms with Crippen LogP contribution in [-0.2, 0) is 14.3 Å². The molecule has 0 radical (unpaired) electrons. The van der Waals surface area contributed by atoms with Gasteiger partial charge in [-0.05, 0) is 24.3 Å². The Morgan fingerprint density at radius 3 is 2.71 bits per heavy atom. The van der Waals surface area contributed by atoms with Crippen LogP contribution in [0.4, 0.5) is 11.4 Å². The highest BCUT2D eigenvalue weighted by Gasteiger charge is 2.19. The average molecular weight is 448 g/mol. The summed E-state index contributed by atoms with van der Waals surface area (Å²) in [6.07, 6.45) is 0. The van der Waals surface area contributed by atoms with Crippen LogP contribution in [0.15, 0.2) is 36.4 Å². The monoisotopic (exact) mass is 447 g/mol. The molecule has 2 amide bonds. The molecule has 160 valence electrons. The minimum absolute atomic E-state index is 0.0147. The second kappa shape index (κ2) is 9.22. The number of esters is 1. The fourth-order valence-corrected chi connectivity index (χ4v) is 2.83. The highest BCUT2D eigenvalue weighted by molar-refractivity contribution is 6.31. The number of carbonyl (C=O) groups is 4. The summed E-state index contributed by atoms with van der Waals surface area (Å²) in [5.74, 6) is -2.15. The van der Waals surface area contributed by atoms with Crippen LogP contribution in [0.2, 0.25) is 5.02 Å². The van der Waals surface area contributed by atoms with Crippen molar-refractivity contribution >= 4 is 46.5 Å². The highest BCUT2D eigenvalue weighted by atomic mass is 35.5. The summed E-state index contributed by atoms with van der Waals surface area (Å²) in [7, 11) is 0. The lowest BCUT2D eigenvalue weighted by molar-refractivity contribution is -0.384. The lowest BCUT2D eigenvalue weighted by Gasteiger charge is -2.18. The van der Waals surface area contributed by atoms with Crippen LogP contribution in [0.1, 0.15) is 20.7 Å². The second-order valence-electron chi connectivity index (χ2n) is 6.27. The minimum Gasteiger partial charge on any atom is -0.482 e. The number of non-ortho nitro benzene ring substituents is 1. The van der Waals surface area contributed by atoms with Gasteiger partial charge in [0.2, 0.25) is 0 Å². The smallest absolute Gasteiger partial charge is 0.325 e. The first-order valence-corrected chi connectivity index (χ1v) is 9.09. The molecular weight excluding hydrogens is 434 g/mol. The third-order valence-corrected chi connectivity index (χ3v) is 4.27. The van der Waals surface area contributed by atoms with Crippen LogP contribution < -0.4 is 15.4 Å². The molecule has 1 aliphatic heterocycles. The summed E-state index contributed by atoms with van der Waals surface area (Å²) in [4.78, 5) is 57.6. The maximum atomic E-state index is 12.2. The standard InChI is InChI=1S/C19H14ClN3O8/c20-12-3-11(4-13(6-12)23(28)29)19(27)21-7-18(26)31-8-15(24)10-1-2-16-14(5-10)22-17(25)9-30-16/h1-6H,7-9H2,(H,21,27)(H,22,25). The lowest BCUT2D eigenvalue weighted by atomic mass is 10.1. The number of carbonyl (C=O) groups excluding carboxylic acids is 4. The first kappa shape index (κ1) is 21.7. The van der Waals surface area contributed by atoms with Gasteiger partial charge < -0.3 is 20.1 Å². The number of Topliss-reactive ketones (excluding diaryl/α,β-unsaturated/α-hetero) is 1. The number of nitro benzene ring substituents is 1. The van der Waals surface area contributed by atoms with Crippen LogP contribution in [0, 0.1) is 10.1 Å². The minimum atomic E-state index is -0.896. The number of nitrogens with one attached hydrogen (secondary N) is 2. The zero-order chi connectivity index (χ0) is 22.5. The van der Waals surface area contributed by atoms with E-state index in [0.29, 0.717) is 11.4 Å². The van der Waals surface area contributed by atoms with Gasteiger partial charge >= 0.3 is 5.97 Å². The van der Waals surface area contributed by atoms with Crippen molar-refractivity contribution in [1.82, 2.24) is 5.32 Å². The molecule has 2 aromatic carbocycles. The molecule has 0 unspecified atom stereocenters. The number of benzene rings is 2. The van der Waals surface area contributed by atoms with E-state index in [-0.39, 0.29) is 34.4 Å². The maximum Gasteiger partial charge on any atom is 0.325 e. The fraction of sp³-hybridized carbons (Fsp3) is 0.158. The molecule has 12 heteroatoms. The Bertz CT molecular complexity index is 1100. The molecule has 3 rings (SSSR count). The highest BCUT2D eigenvalue weighted by Crippen LogP contribution is 2.28. The molecule has 1 aliphatic rings.